The monoisotopic (exact) mass is 485 g/mol. The molecule has 0 fully saturated rings. The summed E-state index contributed by atoms with van der Waals surface area (Å²) in [5, 5.41) is 11.0. The highest BCUT2D eigenvalue weighted by Gasteiger charge is 2.25. The number of benzene rings is 3. The van der Waals surface area contributed by atoms with Crippen molar-refractivity contribution in [3.05, 3.63) is 114 Å². The van der Waals surface area contributed by atoms with Crippen LogP contribution in [0.15, 0.2) is 91.5 Å². The number of aliphatic hydroxyl groups excluding tert-OH is 1. The fraction of sp³-hybridized carbons (Fsp3) is 0.344. The standard InChI is InChI=1S/C32H39NO3/c1-6-21-36-30-18-17-27(32(35)31(34)26-15-11-8-12-16-26)22-29(30)28(25-13-9-7-10-14-25)19-20-33(23(2)3)24(4)5/h6-18,22-24,28,32,35H,1,19-21H2,2-5H3/t28?,32-/m1/s1. The molecule has 190 valence electrons. The van der Waals surface area contributed by atoms with Gasteiger partial charge in [-0.15, -0.1) is 0 Å². The summed E-state index contributed by atoms with van der Waals surface area (Å²) in [5.74, 6) is 0.459. The molecule has 36 heavy (non-hydrogen) atoms. The normalized spacial score (nSPS) is 13.1. The van der Waals surface area contributed by atoms with E-state index in [2.05, 4.69) is 51.3 Å². The van der Waals surface area contributed by atoms with Crippen molar-refractivity contribution in [2.24, 2.45) is 0 Å². The van der Waals surface area contributed by atoms with Crippen LogP contribution in [0.1, 0.15) is 73.2 Å². The molecule has 0 saturated heterocycles. The molecule has 0 aliphatic rings. The van der Waals surface area contributed by atoms with Gasteiger partial charge >= 0.3 is 0 Å². The lowest BCUT2D eigenvalue weighted by Crippen LogP contribution is -2.38. The number of aliphatic hydroxyl groups is 1. The second-order valence-corrected chi connectivity index (χ2v) is 9.71. The molecule has 0 heterocycles. The third kappa shape index (κ3) is 6.93. The molecular formula is C32H39NO3. The van der Waals surface area contributed by atoms with Gasteiger partial charge in [-0.25, -0.2) is 0 Å². The van der Waals surface area contributed by atoms with Crippen LogP contribution in [-0.2, 0) is 0 Å². The van der Waals surface area contributed by atoms with Gasteiger partial charge in [0.25, 0.3) is 0 Å². The number of hydrogen-bond acceptors (Lipinski definition) is 4. The number of hydrogen-bond donors (Lipinski definition) is 1. The zero-order valence-corrected chi connectivity index (χ0v) is 21.9. The number of Topliss-reactive ketones (excluding diaryl/α,β-unsaturated/α-hetero) is 1. The van der Waals surface area contributed by atoms with E-state index >= 15 is 0 Å². The largest absolute Gasteiger partial charge is 0.489 e. The van der Waals surface area contributed by atoms with E-state index in [1.165, 1.54) is 5.56 Å². The average Bonchev–Trinajstić information content (AvgIpc) is 2.89. The molecule has 3 aromatic rings. The van der Waals surface area contributed by atoms with Gasteiger partial charge in [0.1, 0.15) is 18.5 Å². The van der Waals surface area contributed by atoms with E-state index < -0.39 is 6.10 Å². The molecule has 4 nitrogen and oxygen atoms in total. The lowest BCUT2D eigenvalue weighted by molar-refractivity contribution is 0.0747. The van der Waals surface area contributed by atoms with Gasteiger partial charge in [-0.05, 0) is 63.9 Å². The molecule has 1 N–H and O–H groups in total. The topological polar surface area (TPSA) is 49.8 Å². The van der Waals surface area contributed by atoms with Crippen LogP contribution in [0.25, 0.3) is 0 Å². The minimum atomic E-state index is -1.25. The predicted octanol–water partition coefficient (Wildman–Crippen LogP) is 6.81. The third-order valence-electron chi connectivity index (χ3n) is 6.59. The maximum Gasteiger partial charge on any atom is 0.195 e. The fourth-order valence-electron chi connectivity index (χ4n) is 4.78. The van der Waals surface area contributed by atoms with E-state index in [9.17, 15) is 9.90 Å². The van der Waals surface area contributed by atoms with E-state index in [0.717, 1.165) is 24.3 Å². The van der Waals surface area contributed by atoms with Gasteiger partial charge in [0.2, 0.25) is 0 Å². The Labute approximate surface area is 216 Å². The first-order chi connectivity index (χ1) is 17.3. The molecule has 3 rings (SSSR count). The van der Waals surface area contributed by atoms with Gasteiger partial charge in [-0.2, -0.15) is 0 Å². The van der Waals surface area contributed by atoms with Crippen molar-refractivity contribution in [1.29, 1.82) is 0 Å². The summed E-state index contributed by atoms with van der Waals surface area (Å²) in [7, 11) is 0. The number of carbonyl (C=O) groups is 1. The van der Waals surface area contributed by atoms with Crippen LogP contribution in [-0.4, -0.2) is 41.0 Å². The summed E-state index contributed by atoms with van der Waals surface area (Å²) in [6.07, 6.45) is 1.35. The number of nitrogens with zero attached hydrogens (tertiary/aromatic N) is 1. The Morgan fingerprint density at radius 2 is 1.53 bits per heavy atom. The van der Waals surface area contributed by atoms with Gasteiger partial charge < -0.3 is 9.84 Å². The van der Waals surface area contributed by atoms with Crippen LogP contribution >= 0.6 is 0 Å². The van der Waals surface area contributed by atoms with Gasteiger partial charge in [0.05, 0.1) is 0 Å². The summed E-state index contributed by atoms with van der Waals surface area (Å²) < 4.78 is 6.07. The number of ketones is 1. The minimum absolute atomic E-state index is 0.0324. The van der Waals surface area contributed by atoms with E-state index in [1.807, 2.05) is 36.4 Å². The summed E-state index contributed by atoms with van der Waals surface area (Å²) in [6, 6.07) is 25.7. The van der Waals surface area contributed by atoms with Crippen LogP contribution < -0.4 is 4.74 Å². The van der Waals surface area contributed by atoms with E-state index in [-0.39, 0.29) is 11.7 Å². The molecule has 0 radical (unpaired) electrons. The summed E-state index contributed by atoms with van der Waals surface area (Å²) >= 11 is 0. The number of ether oxygens (including phenoxy) is 1. The molecule has 2 atom stereocenters. The quantitative estimate of drug-likeness (QED) is 0.213. The fourth-order valence-corrected chi connectivity index (χ4v) is 4.78. The highest BCUT2D eigenvalue weighted by Crippen LogP contribution is 2.37. The number of rotatable bonds is 13. The molecule has 0 aliphatic heterocycles. The minimum Gasteiger partial charge on any atom is -0.489 e. The van der Waals surface area contributed by atoms with Crippen LogP contribution in [0.5, 0.6) is 5.75 Å². The lowest BCUT2D eigenvalue weighted by atomic mass is 9.85. The zero-order valence-electron chi connectivity index (χ0n) is 21.9. The van der Waals surface area contributed by atoms with E-state index in [4.69, 9.17) is 4.74 Å². The molecule has 0 aliphatic carbocycles. The van der Waals surface area contributed by atoms with Crippen molar-refractivity contribution in [1.82, 2.24) is 4.90 Å². The third-order valence-corrected chi connectivity index (χ3v) is 6.59. The van der Waals surface area contributed by atoms with Crippen LogP contribution in [0.3, 0.4) is 0 Å². The van der Waals surface area contributed by atoms with Crippen LogP contribution in [0.2, 0.25) is 0 Å². The molecule has 3 aromatic carbocycles. The Morgan fingerprint density at radius 1 is 0.917 bits per heavy atom. The van der Waals surface area contributed by atoms with Crippen LogP contribution in [0, 0.1) is 0 Å². The second kappa shape index (κ2) is 13.2. The summed E-state index contributed by atoms with van der Waals surface area (Å²) in [6.45, 7) is 14.0. The van der Waals surface area contributed by atoms with E-state index in [0.29, 0.717) is 29.8 Å². The van der Waals surface area contributed by atoms with Crippen molar-refractivity contribution in [2.45, 2.75) is 58.2 Å². The smallest absolute Gasteiger partial charge is 0.195 e. The van der Waals surface area contributed by atoms with Crippen LogP contribution in [0.4, 0.5) is 0 Å². The predicted molar refractivity (Wildman–Crippen MR) is 148 cm³/mol. The molecule has 0 bridgehead atoms. The Balaban J connectivity index is 2.04. The zero-order chi connectivity index (χ0) is 26.1. The molecule has 0 amide bonds. The second-order valence-electron chi connectivity index (χ2n) is 9.71. The molecular weight excluding hydrogens is 446 g/mol. The molecule has 0 saturated carbocycles. The van der Waals surface area contributed by atoms with Crippen molar-refractivity contribution < 1.29 is 14.6 Å². The first-order valence-corrected chi connectivity index (χ1v) is 12.8. The molecule has 4 heteroatoms. The summed E-state index contributed by atoms with van der Waals surface area (Å²) in [5.41, 5.74) is 3.19. The molecule has 0 aromatic heterocycles. The first kappa shape index (κ1) is 27.4. The first-order valence-electron chi connectivity index (χ1n) is 12.8. The Morgan fingerprint density at radius 3 is 2.11 bits per heavy atom. The molecule has 1 unspecified atom stereocenters. The lowest BCUT2D eigenvalue weighted by Gasteiger charge is -2.32. The Kier molecular flexibility index (Phi) is 10.0. The van der Waals surface area contributed by atoms with Crippen molar-refractivity contribution in [3.8, 4) is 5.75 Å². The highest BCUT2D eigenvalue weighted by atomic mass is 16.5. The van der Waals surface area contributed by atoms with Gasteiger partial charge in [0.15, 0.2) is 5.78 Å². The Bertz CT molecular complexity index is 1100. The maximum absolute atomic E-state index is 13.0. The van der Waals surface area contributed by atoms with Crippen molar-refractivity contribution in [3.63, 3.8) is 0 Å². The average molecular weight is 486 g/mol. The number of carbonyl (C=O) groups excluding carboxylic acids is 1. The Hall–Kier alpha value is -3.21. The summed E-state index contributed by atoms with van der Waals surface area (Å²) in [4.78, 5) is 15.5. The van der Waals surface area contributed by atoms with Crippen molar-refractivity contribution >= 4 is 5.78 Å². The highest BCUT2D eigenvalue weighted by molar-refractivity contribution is 5.99. The van der Waals surface area contributed by atoms with Gasteiger partial charge in [-0.1, -0.05) is 79.4 Å². The maximum atomic E-state index is 13.0. The molecule has 0 spiro atoms. The van der Waals surface area contributed by atoms with Gasteiger partial charge in [0, 0.05) is 29.1 Å². The SMILES string of the molecule is C=CCOc1ccc([C@@H](O)C(=O)c2ccccc2)cc1C(CCN(C(C)C)C(C)C)c1ccccc1. The van der Waals surface area contributed by atoms with E-state index in [1.54, 1.807) is 36.4 Å². The van der Waals surface area contributed by atoms with Gasteiger partial charge in [-0.3, -0.25) is 9.69 Å². The van der Waals surface area contributed by atoms with Crippen molar-refractivity contribution in [2.75, 3.05) is 13.2 Å².